The molecule has 132 valence electrons. The van der Waals surface area contributed by atoms with Gasteiger partial charge in [0.2, 0.25) is 0 Å². The van der Waals surface area contributed by atoms with Crippen molar-refractivity contribution in [3.05, 3.63) is 35.6 Å². The third-order valence-electron chi connectivity index (χ3n) is 4.79. The molecule has 0 bridgehead atoms. The second-order valence-electron chi connectivity index (χ2n) is 6.61. The summed E-state index contributed by atoms with van der Waals surface area (Å²) in [6.45, 7) is 4.16. The number of benzene rings is 1. The van der Waals surface area contributed by atoms with Gasteiger partial charge < -0.3 is 9.47 Å². The molecule has 3 heteroatoms. The lowest BCUT2D eigenvalue weighted by molar-refractivity contribution is -0.114. The van der Waals surface area contributed by atoms with Crippen LogP contribution in [0.15, 0.2) is 35.6 Å². The minimum Gasteiger partial charge on any atom is -0.497 e. The van der Waals surface area contributed by atoms with Crippen LogP contribution in [0.3, 0.4) is 0 Å². The summed E-state index contributed by atoms with van der Waals surface area (Å²) >= 11 is 0. The van der Waals surface area contributed by atoms with E-state index in [0.29, 0.717) is 12.3 Å². The molecule has 3 nitrogen and oxygen atoms in total. The summed E-state index contributed by atoms with van der Waals surface area (Å²) < 4.78 is 11.1. The Morgan fingerprint density at radius 3 is 2.42 bits per heavy atom. The highest BCUT2D eigenvalue weighted by Crippen LogP contribution is 2.35. The van der Waals surface area contributed by atoms with E-state index >= 15 is 0 Å². The van der Waals surface area contributed by atoms with Crippen molar-refractivity contribution in [1.82, 2.24) is 0 Å². The normalized spacial score (nSPS) is 19.5. The van der Waals surface area contributed by atoms with E-state index in [0.717, 1.165) is 35.7 Å². The van der Waals surface area contributed by atoms with Crippen molar-refractivity contribution in [3.63, 3.8) is 0 Å². The van der Waals surface area contributed by atoms with E-state index in [4.69, 9.17) is 9.47 Å². The van der Waals surface area contributed by atoms with E-state index in [1.807, 2.05) is 31.2 Å². The van der Waals surface area contributed by atoms with Gasteiger partial charge in [-0.15, -0.1) is 0 Å². The van der Waals surface area contributed by atoms with Gasteiger partial charge in [-0.1, -0.05) is 39.0 Å². The van der Waals surface area contributed by atoms with Crippen molar-refractivity contribution >= 4 is 5.78 Å². The standard InChI is InChI=1S/C21H30O3/c1-4-5-6-7-8-9-17-10-15-20(22)21(17)16(2)24-19-13-11-18(23-3)12-14-19/h11-14,17H,4-10,15H2,1-3H3/b21-16+. The molecular weight excluding hydrogens is 300 g/mol. The number of hydrogen-bond acceptors (Lipinski definition) is 3. The number of Topliss-reactive ketones (excluding diaryl/α,β-unsaturated/α-hetero) is 1. The predicted molar refractivity (Wildman–Crippen MR) is 97.4 cm³/mol. The van der Waals surface area contributed by atoms with Gasteiger partial charge in [-0.2, -0.15) is 0 Å². The van der Waals surface area contributed by atoms with Crippen LogP contribution in [0.4, 0.5) is 0 Å². The lowest BCUT2D eigenvalue weighted by Crippen LogP contribution is -2.08. The zero-order valence-electron chi connectivity index (χ0n) is 15.3. The molecule has 2 rings (SSSR count). The number of allylic oxidation sites excluding steroid dienone is 2. The van der Waals surface area contributed by atoms with Crippen molar-refractivity contribution in [2.45, 2.75) is 65.2 Å². The smallest absolute Gasteiger partial charge is 0.162 e. The molecule has 0 amide bonds. The van der Waals surface area contributed by atoms with Gasteiger partial charge in [-0.25, -0.2) is 0 Å². The highest BCUT2D eigenvalue weighted by molar-refractivity contribution is 5.98. The van der Waals surface area contributed by atoms with Crippen LogP contribution in [0.2, 0.25) is 0 Å². The Morgan fingerprint density at radius 1 is 1.08 bits per heavy atom. The highest BCUT2D eigenvalue weighted by Gasteiger charge is 2.30. The zero-order chi connectivity index (χ0) is 17.4. The maximum atomic E-state index is 12.3. The first kappa shape index (κ1) is 18.6. The molecule has 1 aliphatic carbocycles. The molecule has 0 aromatic heterocycles. The molecule has 1 saturated carbocycles. The monoisotopic (exact) mass is 330 g/mol. The SMILES string of the molecule is CCCCCCCC1CCC(=O)/C1=C(\C)Oc1ccc(OC)cc1. The first-order valence-electron chi connectivity index (χ1n) is 9.21. The number of carbonyl (C=O) groups is 1. The van der Waals surface area contributed by atoms with Crippen LogP contribution in [0.1, 0.15) is 65.2 Å². The molecule has 0 radical (unpaired) electrons. The van der Waals surface area contributed by atoms with Gasteiger partial charge in [0.25, 0.3) is 0 Å². The molecule has 1 fully saturated rings. The molecule has 24 heavy (non-hydrogen) atoms. The quantitative estimate of drug-likeness (QED) is 0.331. The van der Waals surface area contributed by atoms with E-state index in [9.17, 15) is 4.79 Å². The lowest BCUT2D eigenvalue weighted by atomic mass is 9.94. The number of ether oxygens (including phenoxy) is 2. The molecule has 1 aliphatic rings. The Hall–Kier alpha value is -1.77. The maximum absolute atomic E-state index is 12.3. The topological polar surface area (TPSA) is 35.5 Å². The van der Waals surface area contributed by atoms with Crippen LogP contribution < -0.4 is 9.47 Å². The molecular formula is C21H30O3. The number of hydrogen-bond donors (Lipinski definition) is 0. The number of ketones is 1. The van der Waals surface area contributed by atoms with Crippen LogP contribution in [0.5, 0.6) is 11.5 Å². The first-order chi connectivity index (χ1) is 11.7. The Morgan fingerprint density at radius 2 is 1.75 bits per heavy atom. The molecule has 1 atom stereocenters. The van der Waals surface area contributed by atoms with Crippen LogP contribution in [0, 0.1) is 5.92 Å². The van der Waals surface area contributed by atoms with Crippen LogP contribution >= 0.6 is 0 Å². The fourth-order valence-electron chi connectivity index (χ4n) is 3.45. The zero-order valence-corrected chi connectivity index (χ0v) is 15.3. The van der Waals surface area contributed by atoms with E-state index in [1.165, 1.54) is 32.1 Å². The number of unbranched alkanes of at least 4 members (excludes halogenated alkanes) is 4. The van der Waals surface area contributed by atoms with Gasteiger partial charge in [-0.3, -0.25) is 4.79 Å². The molecule has 0 saturated heterocycles. The van der Waals surface area contributed by atoms with Crippen molar-refractivity contribution in [1.29, 1.82) is 0 Å². The second-order valence-corrected chi connectivity index (χ2v) is 6.61. The van der Waals surface area contributed by atoms with Crippen LogP contribution in [-0.2, 0) is 4.79 Å². The average Bonchev–Trinajstić information content (AvgIpc) is 2.96. The Labute approximate surface area is 146 Å². The van der Waals surface area contributed by atoms with Gasteiger partial charge in [0.05, 0.1) is 7.11 Å². The Bertz CT molecular complexity index is 557. The number of methoxy groups -OCH3 is 1. The van der Waals surface area contributed by atoms with Gasteiger partial charge in [0, 0.05) is 12.0 Å². The Balaban J connectivity index is 1.98. The highest BCUT2D eigenvalue weighted by atomic mass is 16.5. The molecule has 1 unspecified atom stereocenters. The summed E-state index contributed by atoms with van der Waals surface area (Å²) in [4.78, 5) is 12.3. The molecule has 0 spiro atoms. The third-order valence-corrected chi connectivity index (χ3v) is 4.79. The summed E-state index contributed by atoms with van der Waals surface area (Å²) in [7, 11) is 1.64. The van der Waals surface area contributed by atoms with Crippen molar-refractivity contribution in [3.8, 4) is 11.5 Å². The molecule has 0 N–H and O–H groups in total. The molecule has 1 aromatic rings. The van der Waals surface area contributed by atoms with E-state index < -0.39 is 0 Å². The summed E-state index contributed by atoms with van der Waals surface area (Å²) in [6, 6.07) is 7.49. The minimum atomic E-state index is 0.263. The van der Waals surface area contributed by atoms with E-state index in [2.05, 4.69) is 6.92 Å². The Kier molecular flexibility index (Phi) is 7.36. The van der Waals surface area contributed by atoms with Gasteiger partial charge >= 0.3 is 0 Å². The van der Waals surface area contributed by atoms with E-state index in [1.54, 1.807) is 7.11 Å². The second kappa shape index (κ2) is 9.51. The van der Waals surface area contributed by atoms with Crippen molar-refractivity contribution in [2.75, 3.05) is 7.11 Å². The van der Waals surface area contributed by atoms with Crippen molar-refractivity contribution in [2.24, 2.45) is 5.92 Å². The van der Waals surface area contributed by atoms with Crippen LogP contribution in [0.25, 0.3) is 0 Å². The summed E-state index contributed by atoms with van der Waals surface area (Å²) in [5.41, 5.74) is 0.918. The number of carbonyl (C=O) groups excluding carboxylic acids is 1. The van der Waals surface area contributed by atoms with E-state index in [-0.39, 0.29) is 5.78 Å². The fraction of sp³-hybridized carbons (Fsp3) is 0.571. The average molecular weight is 330 g/mol. The summed E-state index contributed by atoms with van der Waals surface area (Å²) in [6.07, 6.45) is 9.10. The molecule has 1 aromatic carbocycles. The maximum Gasteiger partial charge on any atom is 0.162 e. The first-order valence-corrected chi connectivity index (χ1v) is 9.21. The molecule has 0 heterocycles. The molecule has 0 aliphatic heterocycles. The minimum absolute atomic E-state index is 0.263. The largest absolute Gasteiger partial charge is 0.497 e. The van der Waals surface area contributed by atoms with Crippen LogP contribution in [-0.4, -0.2) is 12.9 Å². The lowest BCUT2D eigenvalue weighted by Gasteiger charge is -2.15. The van der Waals surface area contributed by atoms with Gasteiger partial charge in [0.1, 0.15) is 17.3 Å². The fourth-order valence-corrected chi connectivity index (χ4v) is 3.45. The summed E-state index contributed by atoms with van der Waals surface area (Å²) in [5.74, 6) is 2.95. The summed E-state index contributed by atoms with van der Waals surface area (Å²) in [5, 5.41) is 0. The van der Waals surface area contributed by atoms with Gasteiger partial charge in [0.15, 0.2) is 5.78 Å². The van der Waals surface area contributed by atoms with Crippen molar-refractivity contribution < 1.29 is 14.3 Å². The predicted octanol–water partition coefficient (Wildman–Crippen LogP) is 5.69. The van der Waals surface area contributed by atoms with Gasteiger partial charge in [-0.05, 0) is 49.9 Å². The third kappa shape index (κ3) is 5.12. The number of rotatable bonds is 9.